The molecule has 0 saturated carbocycles. The van der Waals surface area contributed by atoms with Crippen molar-refractivity contribution in [2.75, 3.05) is 6.61 Å². The Bertz CT molecular complexity index is 849. The zero-order chi connectivity index (χ0) is 18.8. The van der Waals surface area contributed by atoms with Gasteiger partial charge in [-0.15, -0.1) is 0 Å². The topological polar surface area (TPSA) is 35.5 Å². The van der Waals surface area contributed by atoms with Crippen molar-refractivity contribution >= 4 is 5.97 Å². The fourth-order valence-corrected chi connectivity index (χ4v) is 3.14. The highest BCUT2D eigenvalue weighted by molar-refractivity contribution is 5.92. The largest absolute Gasteiger partial charge is 0.491 e. The standard InChI is InChI=1S/C20H19F3O3/c1-3-25-15-9-8-13(18(22)19(15)23)5-4-12-6-7-14-10-11(2)26-20(24)16(14)17(12)21/h6-9,11H,3-5,10H2,1-2H3. The predicted molar refractivity (Wildman–Crippen MR) is 89.9 cm³/mol. The van der Waals surface area contributed by atoms with Gasteiger partial charge in [-0.05, 0) is 49.4 Å². The van der Waals surface area contributed by atoms with Gasteiger partial charge in [0.05, 0.1) is 12.2 Å². The number of hydrogen-bond acceptors (Lipinski definition) is 3. The van der Waals surface area contributed by atoms with Gasteiger partial charge in [0.15, 0.2) is 11.6 Å². The Hall–Kier alpha value is -2.50. The van der Waals surface area contributed by atoms with Crippen LogP contribution in [0.4, 0.5) is 13.2 Å². The minimum Gasteiger partial charge on any atom is -0.491 e. The minimum atomic E-state index is -1.05. The summed E-state index contributed by atoms with van der Waals surface area (Å²) in [5.74, 6) is -3.52. The van der Waals surface area contributed by atoms with Crippen molar-refractivity contribution < 1.29 is 27.4 Å². The summed E-state index contributed by atoms with van der Waals surface area (Å²) in [6.07, 6.45) is 0.390. The number of rotatable bonds is 5. The number of aryl methyl sites for hydroxylation is 2. The Morgan fingerprint density at radius 3 is 2.38 bits per heavy atom. The molecule has 0 N–H and O–H groups in total. The quantitative estimate of drug-likeness (QED) is 0.738. The van der Waals surface area contributed by atoms with Crippen LogP contribution in [0.5, 0.6) is 5.75 Å². The van der Waals surface area contributed by atoms with Crippen LogP contribution >= 0.6 is 0 Å². The van der Waals surface area contributed by atoms with Crippen LogP contribution in [0.25, 0.3) is 0 Å². The third-order valence-corrected chi connectivity index (χ3v) is 4.42. The summed E-state index contributed by atoms with van der Waals surface area (Å²) in [6.45, 7) is 3.65. The summed E-state index contributed by atoms with van der Waals surface area (Å²) in [5.41, 5.74) is 0.940. The van der Waals surface area contributed by atoms with Gasteiger partial charge >= 0.3 is 5.97 Å². The third kappa shape index (κ3) is 3.41. The van der Waals surface area contributed by atoms with Crippen molar-refractivity contribution in [1.82, 2.24) is 0 Å². The fourth-order valence-electron chi connectivity index (χ4n) is 3.14. The Morgan fingerprint density at radius 1 is 1.04 bits per heavy atom. The molecule has 2 aromatic carbocycles. The monoisotopic (exact) mass is 364 g/mol. The molecular formula is C20H19F3O3. The molecule has 1 aliphatic heterocycles. The highest BCUT2D eigenvalue weighted by Gasteiger charge is 2.28. The fraction of sp³-hybridized carbons (Fsp3) is 0.350. The van der Waals surface area contributed by atoms with E-state index in [2.05, 4.69) is 0 Å². The number of benzene rings is 2. The van der Waals surface area contributed by atoms with E-state index in [1.807, 2.05) is 0 Å². The summed E-state index contributed by atoms with van der Waals surface area (Å²) < 4.78 is 52.9. The van der Waals surface area contributed by atoms with Crippen molar-refractivity contribution in [2.24, 2.45) is 0 Å². The molecule has 0 saturated heterocycles. The van der Waals surface area contributed by atoms with Crippen LogP contribution in [0, 0.1) is 17.5 Å². The van der Waals surface area contributed by atoms with Crippen molar-refractivity contribution in [1.29, 1.82) is 0 Å². The van der Waals surface area contributed by atoms with Crippen LogP contribution < -0.4 is 4.74 Å². The lowest BCUT2D eigenvalue weighted by Gasteiger charge is -2.23. The van der Waals surface area contributed by atoms with Crippen LogP contribution in [0.1, 0.15) is 40.9 Å². The first kappa shape index (κ1) is 18.3. The maximum Gasteiger partial charge on any atom is 0.341 e. The van der Waals surface area contributed by atoms with E-state index in [-0.39, 0.29) is 48.0 Å². The Labute approximate surface area is 149 Å². The lowest BCUT2D eigenvalue weighted by atomic mass is 9.94. The molecule has 1 aliphatic rings. The van der Waals surface area contributed by atoms with Crippen molar-refractivity contribution in [2.45, 2.75) is 39.2 Å². The molecule has 3 nitrogen and oxygen atoms in total. The van der Waals surface area contributed by atoms with Gasteiger partial charge in [-0.1, -0.05) is 18.2 Å². The number of halogens is 3. The smallest absolute Gasteiger partial charge is 0.341 e. The molecule has 0 aliphatic carbocycles. The molecule has 26 heavy (non-hydrogen) atoms. The maximum absolute atomic E-state index is 14.7. The van der Waals surface area contributed by atoms with E-state index in [1.54, 1.807) is 26.0 Å². The molecular weight excluding hydrogens is 345 g/mol. The van der Waals surface area contributed by atoms with Gasteiger partial charge in [0, 0.05) is 6.42 Å². The van der Waals surface area contributed by atoms with Gasteiger partial charge in [-0.2, -0.15) is 4.39 Å². The van der Waals surface area contributed by atoms with Crippen LogP contribution in [0.3, 0.4) is 0 Å². The van der Waals surface area contributed by atoms with E-state index in [1.165, 1.54) is 12.1 Å². The van der Waals surface area contributed by atoms with Gasteiger partial charge in [0.1, 0.15) is 11.9 Å². The van der Waals surface area contributed by atoms with Gasteiger partial charge in [-0.25, -0.2) is 13.6 Å². The Kier molecular flexibility index (Phi) is 5.20. The van der Waals surface area contributed by atoms with Crippen molar-refractivity contribution in [3.8, 4) is 5.75 Å². The van der Waals surface area contributed by atoms with E-state index in [4.69, 9.17) is 9.47 Å². The number of hydrogen-bond donors (Lipinski definition) is 0. The molecule has 1 atom stereocenters. The molecule has 3 rings (SSSR count). The average Bonchev–Trinajstić information content (AvgIpc) is 2.59. The Morgan fingerprint density at radius 2 is 1.69 bits per heavy atom. The van der Waals surface area contributed by atoms with E-state index in [0.29, 0.717) is 12.0 Å². The molecule has 0 bridgehead atoms. The van der Waals surface area contributed by atoms with Crippen LogP contribution in [0.2, 0.25) is 0 Å². The first-order chi connectivity index (χ1) is 12.4. The van der Waals surface area contributed by atoms with Gasteiger partial charge in [0.2, 0.25) is 5.82 Å². The molecule has 0 aromatic heterocycles. The summed E-state index contributed by atoms with van der Waals surface area (Å²) >= 11 is 0. The first-order valence-corrected chi connectivity index (χ1v) is 8.53. The van der Waals surface area contributed by atoms with Crippen molar-refractivity contribution in [3.63, 3.8) is 0 Å². The highest BCUT2D eigenvalue weighted by Crippen LogP contribution is 2.28. The van der Waals surface area contributed by atoms with Crippen molar-refractivity contribution in [3.05, 3.63) is 64.0 Å². The molecule has 6 heteroatoms. The predicted octanol–water partition coefficient (Wildman–Crippen LogP) is 4.39. The highest BCUT2D eigenvalue weighted by atomic mass is 19.2. The lowest BCUT2D eigenvalue weighted by molar-refractivity contribution is 0.0294. The molecule has 1 heterocycles. The van der Waals surface area contributed by atoms with E-state index in [0.717, 1.165) is 0 Å². The number of esters is 1. The minimum absolute atomic E-state index is 0.0565. The van der Waals surface area contributed by atoms with Gasteiger partial charge in [-0.3, -0.25) is 0 Å². The summed E-state index contributed by atoms with van der Waals surface area (Å²) in [6, 6.07) is 6.07. The second-order valence-corrected chi connectivity index (χ2v) is 6.28. The number of carbonyl (C=O) groups excluding carboxylic acids is 1. The summed E-state index contributed by atoms with van der Waals surface area (Å²) in [5, 5.41) is 0. The third-order valence-electron chi connectivity index (χ3n) is 4.42. The first-order valence-electron chi connectivity index (χ1n) is 8.53. The lowest BCUT2D eigenvalue weighted by Crippen LogP contribution is -2.26. The van der Waals surface area contributed by atoms with E-state index in [9.17, 15) is 18.0 Å². The van der Waals surface area contributed by atoms with Gasteiger partial charge in [0.25, 0.3) is 0 Å². The normalized spacial score (nSPS) is 16.2. The van der Waals surface area contributed by atoms with Crippen LogP contribution in [-0.2, 0) is 24.0 Å². The molecule has 0 fully saturated rings. The number of cyclic esters (lactones) is 1. The average molecular weight is 364 g/mol. The Balaban J connectivity index is 1.82. The second-order valence-electron chi connectivity index (χ2n) is 6.28. The van der Waals surface area contributed by atoms with Gasteiger partial charge < -0.3 is 9.47 Å². The zero-order valence-electron chi connectivity index (χ0n) is 14.6. The number of ether oxygens (including phenoxy) is 2. The number of fused-ring (bicyclic) bond motifs is 1. The number of carbonyl (C=O) groups is 1. The molecule has 0 spiro atoms. The second kappa shape index (κ2) is 7.40. The summed E-state index contributed by atoms with van der Waals surface area (Å²) in [4.78, 5) is 12.0. The molecule has 138 valence electrons. The van der Waals surface area contributed by atoms with E-state index >= 15 is 0 Å². The zero-order valence-corrected chi connectivity index (χ0v) is 14.6. The maximum atomic E-state index is 14.7. The molecule has 1 unspecified atom stereocenters. The molecule has 0 amide bonds. The summed E-state index contributed by atoms with van der Waals surface area (Å²) in [7, 11) is 0. The van der Waals surface area contributed by atoms with E-state index < -0.39 is 23.4 Å². The molecule has 2 aromatic rings. The SMILES string of the molecule is CCOc1ccc(CCc2ccc3c(c2F)C(=O)OC(C)C3)c(F)c1F. The molecule has 0 radical (unpaired) electrons. The van der Waals surface area contributed by atoms with Crippen LogP contribution in [-0.4, -0.2) is 18.7 Å². The van der Waals surface area contributed by atoms with Crippen LogP contribution in [0.15, 0.2) is 24.3 Å².